The maximum atomic E-state index is 13.3. The number of benzene rings is 1. The molecule has 0 radical (unpaired) electrons. The van der Waals surface area contributed by atoms with Crippen LogP contribution < -0.4 is 10.6 Å². The normalized spacial score (nSPS) is 18.1. The van der Waals surface area contributed by atoms with Crippen LogP contribution in [0.4, 0.5) is 5.82 Å². The third-order valence-corrected chi connectivity index (χ3v) is 7.69. The van der Waals surface area contributed by atoms with Gasteiger partial charge in [-0.1, -0.05) is 18.2 Å². The van der Waals surface area contributed by atoms with Gasteiger partial charge in [0, 0.05) is 25.0 Å². The molecule has 39 heavy (non-hydrogen) atoms. The first-order chi connectivity index (χ1) is 18.9. The van der Waals surface area contributed by atoms with Crippen LogP contribution in [0.25, 0.3) is 5.69 Å². The van der Waals surface area contributed by atoms with Crippen LogP contribution >= 0.6 is 0 Å². The molecule has 1 saturated heterocycles. The fraction of sp³-hybridized carbons (Fsp3) is 0.467. The number of aryl methyl sites for hydroxylation is 3. The first-order valence-electron chi connectivity index (χ1n) is 14.0. The summed E-state index contributed by atoms with van der Waals surface area (Å²) in [6.45, 7) is 5.50. The highest BCUT2D eigenvalue weighted by molar-refractivity contribution is 5.80. The number of carbonyl (C=O) groups is 2. The van der Waals surface area contributed by atoms with Crippen molar-refractivity contribution < 1.29 is 14.7 Å². The summed E-state index contributed by atoms with van der Waals surface area (Å²) in [6, 6.07) is 13.2. The molecule has 4 heterocycles. The van der Waals surface area contributed by atoms with Gasteiger partial charge in [-0.15, -0.1) is 0 Å². The minimum atomic E-state index is -0.947. The number of aromatic nitrogens is 3. The van der Waals surface area contributed by atoms with Gasteiger partial charge in [-0.25, -0.2) is 9.67 Å². The number of likely N-dealkylation sites (tertiary alicyclic amines) is 1. The second-order valence-electron chi connectivity index (χ2n) is 10.7. The number of anilines is 1. The summed E-state index contributed by atoms with van der Waals surface area (Å²) < 4.78 is 1.76. The van der Waals surface area contributed by atoms with E-state index in [2.05, 4.69) is 32.8 Å². The number of pyridine rings is 1. The van der Waals surface area contributed by atoms with Gasteiger partial charge in [0.1, 0.15) is 5.82 Å². The topological polar surface area (TPSA) is 112 Å². The Morgan fingerprint density at radius 2 is 2.10 bits per heavy atom. The Labute approximate surface area is 229 Å². The van der Waals surface area contributed by atoms with Gasteiger partial charge >= 0.3 is 5.97 Å². The first-order valence-corrected chi connectivity index (χ1v) is 14.0. The minimum absolute atomic E-state index is 0.0753. The van der Waals surface area contributed by atoms with Gasteiger partial charge in [-0.05, 0) is 93.9 Å². The zero-order valence-corrected chi connectivity index (χ0v) is 22.6. The number of carboxylic acid groups (broad SMARTS) is 1. The van der Waals surface area contributed by atoms with Crippen LogP contribution in [-0.2, 0) is 22.4 Å². The van der Waals surface area contributed by atoms with E-state index in [1.54, 1.807) is 4.68 Å². The van der Waals surface area contributed by atoms with Gasteiger partial charge in [0.15, 0.2) is 0 Å². The molecule has 206 valence electrons. The van der Waals surface area contributed by atoms with E-state index in [0.717, 1.165) is 86.6 Å². The Hall–Kier alpha value is -3.72. The van der Waals surface area contributed by atoms with Crippen molar-refractivity contribution in [3.8, 4) is 5.69 Å². The molecule has 2 aliphatic rings. The average Bonchev–Trinajstić information content (AvgIpc) is 3.39. The average molecular weight is 531 g/mol. The summed E-state index contributed by atoms with van der Waals surface area (Å²) in [4.78, 5) is 32.2. The van der Waals surface area contributed by atoms with Crippen molar-refractivity contribution in [2.24, 2.45) is 5.92 Å². The molecule has 3 aromatic rings. The molecule has 1 fully saturated rings. The van der Waals surface area contributed by atoms with Crippen LogP contribution in [-0.4, -0.2) is 62.8 Å². The third-order valence-electron chi connectivity index (χ3n) is 7.69. The van der Waals surface area contributed by atoms with Crippen molar-refractivity contribution in [3.05, 3.63) is 71.2 Å². The quantitative estimate of drug-likeness (QED) is 0.364. The van der Waals surface area contributed by atoms with Crippen molar-refractivity contribution in [2.75, 3.05) is 31.5 Å². The van der Waals surface area contributed by atoms with Crippen molar-refractivity contribution >= 4 is 17.7 Å². The van der Waals surface area contributed by atoms with Crippen molar-refractivity contribution in [1.29, 1.82) is 0 Å². The summed E-state index contributed by atoms with van der Waals surface area (Å²) in [5.41, 5.74) is 4.90. The molecule has 1 aromatic carbocycles. The minimum Gasteiger partial charge on any atom is -0.481 e. The molecule has 2 aromatic heterocycles. The number of hydrogen-bond acceptors (Lipinski definition) is 6. The van der Waals surface area contributed by atoms with E-state index in [0.29, 0.717) is 6.54 Å². The Balaban J connectivity index is 1.17. The number of carbonyl (C=O) groups excluding carboxylic acids is 1. The molecule has 0 aliphatic carbocycles. The number of aliphatic carboxylic acids is 1. The van der Waals surface area contributed by atoms with E-state index in [1.807, 2.05) is 43.5 Å². The second kappa shape index (κ2) is 12.4. The SMILES string of the molecule is Cc1ccn(-c2cccc(C(CC(=O)O)NC(=O)[C@@H]3CCCN(CCCc4ccc5c(n4)NCCC5)C3)c2)n1. The zero-order chi connectivity index (χ0) is 27.2. The molecule has 1 amide bonds. The number of hydrogen-bond donors (Lipinski definition) is 3. The first kappa shape index (κ1) is 26.9. The number of rotatable bonds is 10. The summed E-state index contributed by atoms with van der Waals surface area (Å²) in [5.74, 6) is -0.140. The monoisotopic (exact) mass is 530 g/mol. The Morgan fingerprint density at radius 3 is 2.92 bits per heavy atom. The lowest BCUT2D eigenvalue weighted by Crippen LogP contribution is -2.44. The van der Waals surface area contributed by atoms with Crippen LogP contribution in [0.2, 0.25) is 0 Å². The maximum absolute atomic E-state index is 13.3. The van der Waals surface area contributed by atoms with Gasteiger partial charge in [-0.3, -0.25) is 9.59 Å². The number of amides is 1. The summed E-state index contributed by atoms with van der Waals surface area (Å²) >= 11 is 0. The molecule has 0 saturated carbocycles. The second-order valence-corrected chi connectivity index (χ2v) is 10.7. The Kier molecular flexibility index (Phi) is 8.56. The van der Waals surface area contributed by atoms with Crippen LogP contribution in [0, 0.1) is 12.8 Å². The Bertz CT molecular complexity index is 1310. The molecule has 3 N–H and O–H groups in total. The van der Waals surface area contributed by atoms with Crippen molar-refractivity contribution in [1.82, 2.24) is 25.0 Å². The lowest BCUT2D eigenvalue weighted by molar-refractivity contribution is -0.138. The summed E-state index contributed by atoms with van der Waals surface area (Å²) in [7, 11) is 0. The molecule has 0 bridgehead atoms. The molecule has 9 heteroatoms. The van der Waals surface area contributed by atoms with Crippen LogP contribution in [0.15, 0.2) is 48.7 Å². The predicted octanol–water partition coefficient (Wildman–Crippen LogP) is 3.91. The van der Waals surface area contributed by atoms with Crippen molar-refractivity contribution in [3.63, 3.8) is 0 Å². The van der Waals surface area contributed by atoms with E-state index in [-0.39, 0.29) is 18.2 Å². The third kappa shape index (κ3) is 7.03. The fourth-order valence-corrected chi connectivity index (χ4v) is 5.62. The van der Waals surface area contributed by atoms with E-state index in [4.69, 9.17) is 4.98 Å². The molecule has 0 spiro atoms. The number of nitrogens with zero attached hydrogens (tertiary/aromatic N) is 4. The van der Waals surface area contributed by atoms with E-state index < -0.39 is 12.0 Å². The van der Waals surface area contributed by atoms with E-state index in [9.17, 15) is 14.7 Å². The standard InChI is InChI=1S/C30H38N6O3/c1-21-13-17-36(34-21)26-10-2-6-23(18-26)27(19-28(37)38)33-30(39)24-8-4-15-35(20-24)16-5-9-25-12-11-22-7-3-14-31-29(22)32-25/h2,6,10-13,17-18,24,27H,3-5,7-9,14-16,19-20H2,1H3,(H,31,32)(H,33,39)(H,37,38)/t24-,27?/m1/s1. The summed E-state index contributed by atoms with van der Waals surface area (Å²) in [5, 5.41) is 20.5. The van der Waals surface area contributed by atoms with Gasteiger partial charge in [0.2, 0.25) is 5.91 Å². The van der Waals surface area contributed by atoms with Gasteiger partial charge < -0.3 is 20.6 Å². The smallest absolute Gasteiger partial charge is 0.305 e. The van der Waals surface area contributed by atoms with E-state index >= 15 is 0 Å². The number of fused-ring (bicyclic) bond motifs is 1. The highest BCUT2D eigenvalue weighted by Gasteiger charge is 2.28. The highest BCUT2D eigenvalue weighted by atomic mass is 16.4. The lowest BCUT2D eigenvalue weighted by Gasteiger charge is -2.33. The number of nitrogens with one attached hydrogen (secondary N) is 2. The number of carboxylic acids is 1. The number of piperidine rings is 1. The Morgan fingerprint density at radius 1 is 1.21 bits per heavy atom. The van der Waals surface area contributed by atoms with Gasteiger partial charge in [0.25, 0.3) is 0 Å². The molecule has 5 rings (SSSR count). The maximum Gasteiger partial charge on any atom is 0.305 e. The molecular weight excluding hydrogens is 492 g/mol. The highest BCUT2D eigenvalue weighted by Crippen LogP contribution is 2.24. The van der Waals surface area contributed by atoms with Crippen LogP contribution in [0.5, 0.6) is 0 Å². The van der Waals surface area contributed by atoms with Crippen LogP contribution in [0.3, 0.4) is 0 Å². The largest absolute Gasteiger partial charge is 0.481 e. The molecule has 1 unspecified atom stereocenters. The molecule has 9 nitrogen and oxygen atoms in total. The molecular formula is C30H38N6O3. The zero-order valence-electron chi connectivity index (χ0n) is 22.6. The predicted molar refractivity (Wildman–Crippen MR) is 150 cm³/mol. The van der Waals surface area contributed by atoms with Gasteiger partial charge in [0.05, 0.1) is 29.8 Å². The van der Waals surface area contributed by atoms with Gasteiger partial charge in [-0.2, -0.15) is 5.10 Å². The fourth-order valence-electron chi connectivity index (χ4n) is 5.62. The van der Waals surface area contributed by atoms with Crippen LogP contribution in [0.1, 0.15) is 60.7 Å². The van der Waals surface area contributed by atoms with E-state index in [1.165, 1.54) is 5.56 Å². The summed E-state index contributed by atoms with van der Waals surface area (Å²) in [6.07, 6.45) is 7.61. The lowest BCUT2D eigenvalue weighted by atomic mass is 9.95. The van der Waals surface area contributed by atoms with Crippen molar-refractivity contribution in [2.45, 2.75) is 57.9 Å². The molecule has 2 aliphatic heterocycles. The molecule has 2 atom stereocenters.